The Balaban J connectivity index is 2.33. The molecule has 2 rings (SSSR count). The number of nitrogens with zero attached hydrogens (tertiary/aromatic N) is 3. The molecule has 0 fully saturated rings. The first-order valence-electron chi connectivity index (χ1n) is 5.62. The Morgan fingerprint density at radius 1 is 1.47 bits per heavy atom. The van der Waals surface area contributed by atoms with Crippen LogP contribution in [-0.4, -0.2) is 19.5 Å². The Morgan fingerprint density at radius 2 is 2.24 bits per heavy atom. The molecule has 2 aromatic heterocycles. The average molecular weight is 254 g/mol. The Kier molecular flexibility index (Phi) is 3.54. The van der Waals surface area contributed by atoms with Gasteiger partial charge in [-0.25, -0.2) is 0 Å². The molecule has 0 aliphatic carbocycles. The minimum atomic E-state index is 0.0309. The molecule has 0 amide bonds. The Labute approximate surface area is 105 Å². The maximum atomic E-state index is 9.20. The Morgan fingerprint density at radius 3 is 2.82 bits per heavy atom. The molecule has 5 heteroatoms. The van der Waals surface area contributed by atoms with E-state index in [1.54, 1.807) is 0 Å². The van der Waals surface area contributed by atoms with E-state index < -0.39 is 0 Å². The molecule has 2 heterocycles. The molecular formula is C12H16ClN3O. The topological polar surface area (TPSA) is 43.0 Å². The van der Waals surface area contributed by atoms with Crippen molar-refractivity contribution in [2.45, 2.75) is 26.5 Å². The fourth-order valence-corrected chi connectivity index (χ4v) is 2.25. The van der Waals surface area contributed by atoms with E-state index in [1.165, 1.54) is 0 Å². The molecule has 0 saturated heterocycles. The van der Waals surface area contributed by atoms with Crippen molar-refractivity contribution in [3.8, 4) is 0 Å². The van der Waals surface area contributed by atoms with E-state index in [9.17, 15) is 5.11 Å². The van der Waals surface area contributed by atoms with E-state index in [4.69, 9.17) is 11.6 Å². The van der Waals surface area contributed by atoms with Crippen LogP contribution in [0.5, 0.6) is 0 Å². The number of aromatic nitrogens is 3. The first kappa shape index (κ1) is 12.2. The summed E-state index contributed by atoms with van der Waals surface area (Å²) in [6, 6.07) is 3.81. The highest BCUT2D eigenvalue weighted by Crippen LogP contribution is 2.22. The number of halogens is 1. The summed E-state index contributed by atoms with van der Waals surface area (Å²) in [5, 5.41) is 14.3. The third-order valence-corrected chi connectivity index (χ3v) is 3.34. The molecule has 0 atom stereocenters. The van der Waals surface area contributed by atoms with Crippen molar-refractivity contribution < 1.29 is 5.11 Å². The molecule has 17 heavy (non-hydrogen) atoms. The van der Waals surface area contributed by atoms with Crippen molar-refractivity contribution in [3.05, 3.63) is 40.4 Å². The molecule has 2 aromatic rings. The van der Waals surface area contributed by atoms with Crippen molar-refractivity contribution in [3.63, 3.8) is 0 Å². The monoisotopic (exact) mass is 253 g/mol. The maximum absolute atomic E-state index is 9.20. The summed E-state index contributed by atoms with van der Waals surface area (Å²) in [5.41, 5.74) is 2.76. The SMILES string of the molecule is CCc1nn(C)c(Cn2cccc2CO)c1Cl. The van der Waals surface area contributed by atoms with E-state index in [-0.39, 0.29) is 6.61 Å². The Hall–Kier alpha value is -1.26. The molecule has 0 aliphatic heterocycles. The molecular weight excluding hydrogens is 238 g/mol. The van der Waals surface area contributed by atoms with Gasteiger partial charge in [-0.1, -0.05) is 18.5 Å². The van der Waals surface area contributed by atoms with Gasteiger partial charge in [0.25, 0.3) is 0 Å². The van der Waals surface area contributed by atoms with E-state index in [1.807, 2.05) is 41.5 Å². The summed E-state index contributed by atoms with van der Waals surface area (Å²) in [6.45, 7) is 2.70. The van der Waals surface area contributed by atoms with Gasteiger partial charge in [0, 0.05) is 18.9 Å². The summed E-state index contributed by atoms with van der Waals surface area (Å²) in [4.78, 5) is 0. The third kappa shape index (κ3) is 2.23. The van der Waals surface area contributed by atoms with Gasteiger partial charge in [0.15, 0.2) is 0 Å². The third-order valence-electron chi connectivity index (χ3n) is 2.91. The van der Waals surface area contributed by atoms with Crippen LogP contribution >= 0.6 is 11.6 Å². The molecule has 0 spiro atoms. The molecule has 0 bridgehead atoms. The van der Waals surface area contributed by atoms with Crippen LogP contribution < -0.4 is 0 Å². The largest absolute Gasteiger partial charge is 0.390 e. The lowest BCUT2D eigenvalue weighted by atomic mass is 10.3. The molecule has 0 aromatic carbocycles. The number of rotatable bonds is 4. The van der Waals surface area contributed by atoms with Crippen LogP contribution in [0.25, 0.3) is 0 Å². The highest BCUT2D eigenvalue weighted by Gasteiger charge is 2.13. The van der Waals surface area contributed by atoms with Crippen LogP contribution in [0, 0.1) is 0 Å². The number of aliphatic hydroxyl groups excluding tert-OH is 1. The van der Waals surface area contributed by atoms with Crippen molar-refractivity contribution in [2.24, 2.45) is 7.05 Å². The van der Waals surface area contributed by atoms with Crippen molar-refractivity contribution in [1.82, 2.24) is 14.3 Å². The second-order valence-electron chi connectivity index (χ2n) is 3.97. The van der Waals surface area contributed by atoms with E-state index in [2.05, 4.69) is 5.10 Å². The highest BCUT2D eigenvalue weighted by atomic mass is 35.5. The number of hydrogen-bond donors (Lipinski definition) is 1. The molecule has 0 unspecified atom stereocenters. The van der Waals surface area contributed by atoms with Crippen molar-refractivity contribution in [2.75, 3.05) is 0 Å². The predicted octanol–water partition coefficient (Wildman–Crippen LogP) is 1.98. The Bertz CT molecular complexity index is 516. The first-order chi connectivity index (χ1) is 8.17. The van der Waals surface area contributed by atoms with Crippen molar-refractivity contribution >= 4 is 11.6 Å². The van der Waals surface area contributed by atoms with Crippen LogP contribution in [0.4, 0.5) is 0 Å². The lowest BCUT2D eigenvalue weighted by molar-refractivity contribution is 0.271. The van der Waals surface area contributed by atoms with E-state index >= 15 is 0 Å². The number of aryl methyl sites for hydroxylation is 2. The molecule has 0 aliphatic rings. The van der Waals surface area contributed by atoms with Crippen LogP contribution in [-0.2, 0) is 26.6 Å². The summed E-state index contributed by atoms with van der Waals surface area (Å²) in [6.07, 6.45) is 2.76. The second kappa shape index (κ2) is 4.94. The van der Waals surface area contributed by atoms with E-state index in [0.29, 0.717) is 6.54 Å². The molecule has 1 N–H and O–H groups in total. The fourth-order valence-electron chi connectivity index (χ4n) is 1.90. The standard InChI is InChI=1S/C12H16ClN3O/c1-3-10-12(13)11(15(2)14-10)7-16-6-4-5-9(16)8-17/h4-6,17H,3,7-8H2,1-2H3. The zero-order valence-electron chi connectivity index (χ0n) is 10.0. The average Bonchev–Trinajstić information content (AvgIpc) is 2.88. The summed E-state index contributed by atoms with van der Waals surface area (Å²) in [5.74, 6) is 0. The molecule has 0 radical (unpaired) electrons. The predicted molar refractivity (Wildman–Crippen MR) is 67.1 cm³/mol. The normalized spacial score (nSPS) is 11.1. The van der Waals surface area contributed by atoms with Crippen molar-refractivity contribution in [1.29, 1.82) is 0 Å². The van der Waals surface area contributed by atoms with Gasteiger partial charge in [-0.15, -0.1) is 0 Å². The van der Waals surface area contributed by atoms with Gasteiger partial charge in [-0.05, 0) is 18.6 Å². The number of hydrogen-bond acceptors (Lipinski definition) is 2. The van der Waals surface area contributed by atoms with Crippen LogP contribution in [0.2, 0.25) is 5.02 Å². The van der Waals surface area contributed by atoms with Gasteiger partial charge in [0.2, 0.25) is 0 Å². The first-order valence-corrected chi connectivity index (χ1v) is 6.00. The summed E-state index contributed by atoms with van der Waals surface area (Å²) >= 11 is 6.28. The minimum absolute atomic E-state index is 0.0309. The zero-order chi connectivity index (χ0) is 12.4. The lowest BCUT2D eigenvalue weighted by Gasteiger charge is -2.08. The van der Waals surface area contributed by atoms with Gasteiger partial charge >= 0.3 is 0 Å². The molecule has 92 valence electrons. The zero-order valence-corrected chi connectivity index (χ0v) is 10.8. The minimum Gasteiger partial charge on any atom is -0.390 e. The maximum Gasteiger partial charge on any atom is 0.0868 e. The summed E-state index contributed by atoms with van der Waals surface area (Å²) < 4.78 is 3.78. The second-order valence-corrected chi connectivity index (χ2v) is 4.35. The highest BCUT2D eigenvalue weighted by molar-refractivity contribution is 6.31. The fraction of sp³-hybridized carbons (Fsp3) is 0.417. The van der Waals surface area contributed by atoms with Crippen LogP contribution in [0.15, 0.2) is 18.3 Å². The van der Waals surface area contributed by atoms with Crippen LogP contribution in [0.3, 0.4) is 0 Å². The lowest BCUT2D eigenvalue weighted by Crippen LogP contribution is -2.07. The molecule has 0 saturated carbocycles. The number of aliphatic hydroxyl groups is 1. The van der Waals surface area contributed by atoms with Gasteiger partial charge < -0.3 is 9.67 Å². The molecule has 4 nitrogen and oxygen atoms in total. The quantitative estimate of drug-likeness (QED) is 0.906. The van der Waals surface area contributed by atoms with Gasteiger partial charge in [-0.3, -0.25) is 4.68 Å². The van der Waals surface area contributed by atoms with Gasteiger partial charge in [0.1, 0.15) is 0 Å². The van der Waals surface area contributed by atoms with Crippen LogP contribution in [0.1, 0.15) is 24.0 Å². The van der Waals surface area contributed by atoms with Gasteiger partial charge in [0.05, 0.1) is 29.6 Å². The van der Waals surface area contributed by atoms with Gasteiger partial charge in [-0.2, -0.15) is 5.10 Å². The van der Waals surface area contributed by atoms with E-state index in [0.717, 1.165) is 28.5 Å². The summed E-state index contributed by atoms with van der Waals surface area (Å²) in [7, 11) is 1.89. The smallest absolute Gasteiger partial charge is 0.0868 e.